The Morgan fingerprint density at radius 2 is 0.548 bits per heavy atom. The van der Waals surface area contributed by atoms with Crippen LogP contribution >= 0.6 is 0 Å². The lowest BCUT2D eigenvalue weighted by atomic mass is 10.0. The van der Waals surface area contributed by atoms with Crippen molar-refractivity contribution >= 4 is 18.1 Å². The molecule has 0 unspecified atom stereocenters. The Kier molecular flexibility index (Phi) is 34.8. The molecule has 352 valence electrons. The van der Waals surface area contributed by atoms with Crippen LogP contribution in [0.1, 0.15) is 219 Å². The van der Waals surface area contributed by atoms with Crippen LogP contribution in [0.2, 0.25) is 0 Å². The highest BCUT2D eigenvalue weighted by molar-refractivity contribution is 7.97. The molecule has 0 saturated heterocycles. The van der Waals surface area contributed by atoms with Gasteiger partial charge in [-0.15, -0.1) is 0 Å². The Morgan fingerprint density at radius 1 is 0.323 bits per heavy atom. The second-order valence-corrected chi connectivity index (χ2v) is 19.4. The highest BCUT2D eigenvalue weighted by Crippen LogP contribution is 2.33. The zero-order chi connectivity index (χ0) is 44.6. The van der Waals surface area contributed by atoms with E-state index in [2.05, 4.69) is 92.7 Å². The van der Waals surface area contributed by atoms with Crippen LogP contribution in [0.5, 0.6) is 11.5 Å². The SMILES string of the molecule is CCCCCCCCCCCCCCCCCCOc1ccc([S+](c2ccccc2)c2ccc(OCCCCCCCCCCCCCCCCCC)cc2)cc1.F[B-](F)(F)F. The van der Waals surface area contributed by atoms with Gasteiger partial charge in [0, 0.05) is 0 Å². The molecular weight excluding hydrogens is 799 g/mol. The van der Waals surface area contributed by atoms with E-state index in [1.807, 2.05) is 0 Å². The molecule has 62 heavy (non-hydrogen) atoms. The molecule has 0 spiro atoms. The molecular formula is C54H87BF4O2S. The quantitative estimate of drug-likeness (QED) is 0.0246. The fraction of sp³-hybridized carbons (Fsp3) is 0.667. The Hall–Kier alpha value is -2.61. The first-order chi connectivity index (χ1) is 30.3. The fourth-order valence-corrected chi connectivity index (χ4v) is 10.1. The normalized spacial score (nSPS) is 11.5. The molecule has 0 fully saturated rings. The van der Waals surface area contributed by atoms with E-state index in [-0.39, 0.29) is 10.9 Å². The number of benzene rings is 3. The summed E-state index contributed by atoms with van der Waals surface area (Å²) in [5.74, 6) is 1.96. The molecule has 0 heterocycles. The zero-order valence-electron chi connectivity index (χ0n) is 39.4. The third-order valence-corrected chi connectivity index (χ3v) is 13.9. The molecule has 2 nitrogen and oxygen atoms in total. The molecule has 0 saturated carbocycles. The van der Waals surface area contributed by atoms with Crippen molar-refractivity contribution in [2.24, 2.45) is 0 Å². The average Bonchev–Trinajstić information content (AvgIpc) is 3.26. The van der Waals surface area contributed by atoms with E-state index in [0.717, 1.165) is 37.6 Å². The minimum atomic E-state index is -6.00. The van der Waals surface area contributed by atoms with Gasteiger partial charge in [-0.3, -0.25) is 0 Å². The summed E-state index contributed by atoms with van der Waals surface area (Å²) in [6.07, 6.45) is 44.6. The molecule has 0 aromatic heterocycles. The molecule has 0 amide bonds. The van der Waals surface area contributed by atoms with Crippen molar-refractivity contribution in [3.8, 4) is 11.5 Å². The molecule has 8 heteroatoms. The van der Waals surface area contributed by atoms with Crippen LogP contribution in [0.4, 0.5) is 17.3 Å². The topological polar surface area (TPSA) is 18.5 Å². The lowest BCUT2D eigenvalue weighted by molar-refractivity contribution is 0.304. The maximum atomic E-state index is 9.75. The summed E-state index contributed by atoms with van der Waals surface area (Å²) >= 11 is 0. The number of rotatable bonds is 39. The summed E-state index contributed by atoms with van der Waals surface area (Å²) in [5.41, 5.74) is 0. The fourth-order valence-electron chi connectivity index (χ4n) is 7.99. The second-order valence-electron chi connectivity index (χ2n) is 17.4. The summed E-state index contributed by atoms with van der Waals surface area (Å²) in [7, 11) is -6.18. The monoisotopic (exact) mass is 887 g/mol. The molecule has 3 aromatic carbocycles. The van der Waals surface area contributed by atoms with Crippen molar-refractivity contribution in [3.63, 3.8) is 0 Å². The number of unbranched alkanes of at least 4 members (excludes halogenated alkanes) is 30. The van der Waals surface area contributed by atoms with Gasteiger partial charge in [0.2, 0.25) is 0 Å². The summed E-state index contributed by atoms with van der Waals surface area (Å²) < 4.78 is 51.4. The van der Waals surface area contributed by atoms with Crippen molar-refractivity contribution < 1.29 is 26.7 Å². The predicted molar refractivity (Wildman–Crippen MR) is 262 cm³/mol. The first kappa shape index (κ1) is 55.5. The lowest BCUT2D eigenvalue weighted by Gasteiger charge is -2.11. The van der Waals surface area contributed by atoms with E-state index in [4.69, 9.17) is 9.47 Å². The summed E-state index contributed by atoms with van der Waals surface area (Å²) in [4.78, 5) is 3.97. The van der Waals surface area contributed by atoms with E-state index in [0.29, 0.717) is 0 Å². The minimum Gasteiger partial charge on any atom is -0.494 e. The lowest BCUT2D eigenvalue weighted by Crippen LogP contribution is -2.05. The first-order valence-electron chi connectivity index (χ1n) is 25.4. The maximum absolute atomic E-state index is 9.75. The molecule has 0 radical (unpaired) electrons. The summed E-state index contributed by atoms with van der Waals surface area (Å²) in [6, 6.07) is 28.7. The zero-order valence-corrected chi connectivity index (χ0v) is 40.2. The molecule has 0 aliphatic heterocycles. The molecule has 3 aromatic rings. The van der Waals surface area contributed by atoms with Crippen molar-refractivity contribution in [2.75, 3.05) is 13.2 Å². The van der Waals surface area contributed by atoms with E-state index < -0.39 is 7.25 Å². The number of hydrogen-bond donors (Lipinski definition) is 0. The van der Waals surface area contributed by atoms with Crippen LogP contribution in [-0.2, 0) is 10.9 Å². The van der Waals surface area contributed by atoms with Gasteiger partial charge < -0.3 is 26.7 Å². The largest absolute Gasteiger partial charge is 0.673 e. The van der Waals surface area contributed by atoms with Crippen LogP contribution in [-0.4, -0.2) is 20.5 Å². The van der Waals surface area contributed by atoms with E-state index in [9.17, 15) is 17.3 Å². The van der Waals surface area contributed by atoms with Crippen LogP contribution < -0.4 is 9.47 Å². The van der Waals surface area contributed by atoms with Gasteiger partial charge in [-0.1, -0.05) is 225 Å². The smallest absolute Gasteiger partial charge is 0.494 e. The van der Waals surface area contributed by atoms with Gasteiger partial charge in [0.05, 0.1) is 24.1 Å². The number of ether oxygens (including phenoxy) is 2. The maximum Gasteiger partial charge on any atom is 0.673 e. The standard InChI is InChI=1S/C54H87O2S.BF4/c1-3-5-7-9-11-13-15-17-19-21-23-25-27-29-31-36-48-55-50-40-44-53(45-41-50)57(52-38-34-33-35-39-52)54-46-42-51(43-47-54)56-49-37-32-30-28-26-24-22-20-18-16-14-12-10-8-6-4-2;2-1(3,4)5/h33-35,38-47H,3-32,36-37,48-49H2,1-2H3;/q+1;-1. The van der Waals surface area contributed by atoms with Gasteiger partial charge in [0.15, 0.2) is 14.7 Å². The Bertz CT molecular complexity index is 1300. The van der Waals surface area contributed by atoms with Gasteiger partial charge in [-0.05, 0) is 73.5 Å². The van der Waals surface area contributed by atoms with E-state index in [1.54, 1.807) is 0 Å². The highest BCUT2D eigenvalue weighted by Gasteiger charge is 2.28. The molecule has 3 rings (SSSR count). The van der Waals surface area contributed by atoms with Crippen LogP contribution in [0, 0.1) is 0 Å². The Balaban J connectivity index is 0.00000249. The van der Waals surface area contributed by atoms with Gasteiger partial charge in [-0.2, -0.15) is 0 Å². The average molecular weight is 887 g/mol. The molecule has 0 N–H and O–H groups in total. The van der Waals surface area contributed by atoms with Crippen molar-refractivity contribution in [1.82, 2.24) is 0 Å². The van der Waals surface area contributed by atoms with E-state index >= 15 is 0 Å². The van der Waals surface area contributed by atoms with Gasteiger partial charge in [0.25, 0.3) is 0 Å². The van der Waals surface area contributed by atoms with Gasteiger partial charge >= 0.3 is 7.25 Å². The molecule has 0 atom stereocenters. The summed E-state index contributed by atoms with van der Waals surface area (Å²) in [6.45, 7) is 6.22. The Morgan fingerprint density at radius 3 is 0.806 bits per heavy atom. The van der Waals surface area contributed by atoms with Crippen LogP contribution in [0.3, 0.4) is 0 Å². The van der Waals surface area contributed by atoms with Crippen molar-refractivity contribution in [3.05, 3.63) is 78.9 Å². The van der Waals surface area contributed by atoms with E-state index in [1.165, 1.54) is 207 Å². The van der Waals surface area contributed by atoms with Crippen LogP contribution in [0.15, 0.2) is 93.5 Å². The third kappa shape index (κ3) is 32.1. The van der Waals surface area contributed by atoms with Crippen molar-refractivity contribution in [1.29, 1.82) is 0 Å². The highest BCUT2D eigenvalue weighted by atomic mass is 32.2. The first-order valence-corrected chi connectivity index (χ1v) is 26.7. The molecule has 0 aliphatic carbocycles. The Labute approximate surface area is 381 Å². The van der Waals surface area contributed by atoms with Crippen LogP contribution in [0.25, 0.3) is 0 Å². The predicted octanol–water partition coefficient (Wildman–Crippen LogP) is 19.4. The minimum absolute atomic E-state index is 0.179. The number of halogens is 4. The molecule has 0 aliphatic rings. The van der Waals surface area contributed by atoms with Gasteiger partial charge in [0.1, 0.15) is 11.5 Å². The van der Waals surface area contributed by atoms with Gasteiger partial charge in [-0.25, -0.2) is 0 Å². The third-order valence-electron chi connectivity index (χ3n) is 11.6. The summed E-state index contributed by atoms with van der Waals surface area (Å²) in [5, 5.41) is 0. The van der Waals surface area contributed by atoms with Crippen molar-refractivity contribution in [2.45, 2.75) is 234 Å². The second kappa shape index (κ2) is 38.8. The number of hydrogen-bond acceptors (Lipinski definition) is 2. The molecule has 0 bridgehead atoms.